The number of hydrogen-bond donors (Lipinski definition) is 1. The standard InChI is InChI=1S/C10H8BrN3O3/c1-6-9(11)10(15)13(12-6)7-2-4-8(5-3-7)14(16)17/h2-5,12H,1H3. The molecule has 2 aromatic rings. The summed E-state index contributed by atoms with van der Waals surface area (Å²) in [7, 11) is 0. The van der Waals surface area contributed by atoms with Crippen LogP contribution in [0, 0.1) is 17.0 Å². The Morgan fingerprint density at radius 3 is 2.35 bits per heavy atom. The van der Waals surface area contributed by atoms with Gasteiger partial charge < -0.3 is 0 Å². The van der Waals surface area contributed by atoms with Crippen molar-refractivity contribution in [3.05, 3.63) is 54.9 Å². The highest BCUT2D eigenvalue weighted by Gasteiger charge is 2.10. The minimum Gasteiger partial charge on any atom is -0.294 e. The fourth-order valence-corrected chi connectivity index (χ4v) is 1.70. The topological polar surface area (TPSA) is 80.9 Å². The molecule has 0 aliphatic heterocycles. The zero-order valence-electron chi connectivity index (χ0n) is 8.81. The number of aromatic amines is 1. The van der Waals surface area contributed by atoms with Crippen molar-refractivity contribution in [1.29, 1.82) is 0 Å². The number of H-pyrrole nitrogens is 1. The fraction of sp³-hybridized carbons (Fsp3) is 0.100. The van der Waals surface area contributed by atoms with Crippen LogP contribution in [-0.4, -0.2) is 14.7 Å². The van der Waals surface area contributed by atoms with Gasteiger partial charge in [-0.1, -0.05) is 0 Å². The Morgan fingerprint density at radius 2 is 1.94 bits per heavy atom. The van der Waals surface area contributed by atoms with E-state index in [1.54, 1.807) is 6.92 Å². The molecule has 17 heavy (non-hydrogen) atoms. The molecular formula is C10H8BrN3O3. The van der Waals surface area contributed by atoms with Crippen molar-refractivity contribution in [2.45, 2.75) is 6.92 Å². The third-order valence-electron chi connectivity index (χ3n) is 2.32. The van der Waals surface area contributed by atoms with Crippen LogP contribution in [-0.2, 0) is 0 Å². The van der Waals surface area contributed by atoms with Crippen molar-refractivity contribution in [2.24, 2.45) is 0 Å². The summed E-state index contributed by atoms with van der Waals surface area (Å²) in [6, 6.07) is 5.74. The summed E-state index contributed by atoms with van der Waals surface area (Å²) in [5.74, 6) is 0. The number of rotatable bonds is 2. The van der Waals surface area contributed by atoms with E-state index in [9.17, 15) is 14.9 Å². The minimum atomic E-state index is -0.484. The molecule has 1 aromatic carbocycles. The van der Waals surface area contributed by atoms with Gasteiger partial charge in [0, 0.05) is 17.8 Å². The van der Waals surface area contributed by atoms with Crippen molar-refractivity contribution in [3.63, 3.8) is 0 Å². The van der Waals surface area contributed by atoms with Crippen LogP contribution in [0.1, 0.15) is 5.69 Å². The number of benzene rings is 1. The first kappa shape index (κ1) is 11.6. The van der Waals surface area contributed by atoms with E-state index in [0.717, 1.165) is 0 Å². The quantitative estimate of drug-likeness (QED) is 0.681. The Hall–Kier alpha value is -1.89. The molecule has 1 aromatic heterocycles. The Morgan fingerprint density at radius 1 is 1.35 bits per heavy atom. The van der Waals surface area contributed by atoms with E-state index < -0.39 is 4.92 Å². The van der Waals surface area contributed by atoms with Crippen molar-refractivity contribution in [2.75, 3.05) is 0 Å². The van der Waals surface area contributed by atoms with Gasteiger partial charge in [-0.15, -0.1) is 0 Å². The largest absolute Gasteiger partial charge is 0.294 e. The van der Waals surface area contributed by atoms with Gasteiger partial charge in [0.25, 0.3) is 11.2 Å². The molecule has 0 bridgehead atoms. The summed E-state index contributed by atoms with van der Waals surface area (Å²) in [5, 5.41) is 13.4. The number of nitro benzene ring substituents is 1. The predicted molar refractivity (Wildman–Crippen MR) is 65.5 cm³/mol. The lowest BCUT2D eigenvalue weighted by Crippen LogP contribution is -2.14. The van der Waals surface area contributed by atoms with Crippen LogP contribution in [0.3, 0.4) is 0 Å². The van der Waals surface area contributed by atoms with Gasteiger partial charge in [-0.3, -0.25) is 20.0 Å². The second kappa shape index (κ2) is 4.17. The van der Waals surface area contributed by atoms with E-state index in [4.69, 9.17) is 0 Å². The Bertz CT molecular complexity index is 627. The van der Waals surface area contributed by atoms with Crippen LogP contribution in [0.25, 0.3) is 5.69 Å². The average Bonchev–Trinajstić information content (AvgIpc) is 2.57. The maximum atomic E-state index is 11.8. The first-order valence-electron chi connectivity index (χ1n) is 4.72. The minimum absolute atomic E-state index is 0.0101. The van der Waals surface area contributed by atoms with Crippen LogP contribution in [0.4, 0.5) is 5.69 Å². The molecule has 0 radical (unpaired) electrons. The maximum Gasteiger partial charge on any atom is 0.285 e. The lowest BCUT2D eigenvalue weighted by molar-refractivity contribution is -0.384. The number of hydrogen-bond acceptors (Lipinski definition) is 3. The lowest BCUT2D eigenvalue weighted by Gasteiger charge is -2.00. The summed E-state index contributed by atoms with van der Waals surface area (Å²) in [6.07, 6.45) is 0. The number of aryl methyl sites for hydroxylation is 1. The van der Waals surface area contributed by atoms with E-state index in [1.807, 2.05) is 0 Å². The van der Waals surface area contributed by atoms with E-state index in [2.05, 4.69) is 21.0 Å². The maximum absolute atomic E-state index is 11.8. The first-order valence-corrected chi connectivity index (χ1v) is 5.52. The molecule has 0 aliphatic rings. The highest BCUT2D eigenvalue weighted by atomic mass is 79.9. The summed E-state index contributed by atoms with van der Waals surface area (Å²) in [6.45, 7) is 1.76. The van der Waals surface area contributed by atoms with Gasteiger partial charge >= 0.3 is 0 Å². The molecule has 2 rings (SSSR count). The Balaban J connectivity index is 2.50. The molecule has 7 heteroatoms. The van der Waals surface area contributed by atoms with E-state index in [-0.39, 0.29) is 11.2 Å². The number of aromatic nitrogens is 2. The highest BCUT2D eigenvalue weighted by molar-refractivity contribution is 9.10. The van der Waals surface area contributed by atoms with Crippen LogP contribution in [0.15, 0.2) is 33.5 Å². The fourth-order valence-electron chi connectivity index (χ4n) is 1.43. The highest BCUT2D eigenvalue weighted by Crippen LogP contribution is 2.15. The van der Waals surface area contributed by atoms with Gasteiger partial charge in [-0.2, -0.15) is 0 Å². The molecule has 0 amide bonds. The SMILES string of the molecule is Cc1[nH]n(-c2ccc([N+](=O)[O-])cc2)c(=O)c1Br. The third-order valence-corrected chi connectivity index (χ3v) is 3.25. The zero-order valence-corrected chi connectivity index (χ0v) is 10.4. The smallest absolute Gasteiger partial charge is 0.285 e. The molecular weight excluding hydrogens is 290 g/mol. The normalized spacial score (nSPS) is 10.5. The molecule has 0 saturated heterocycles. The summed E-state index contributed by atoms with van der Waals surface area (Å²) in [4.78, 5) is 21.8. The number of halogens is 1. The molecule has 0 spiro atoms. The number of nitrogens with zero attached hydrogens (tertiary/aromatic N) is 2. The van der Waals surface area contributed by atoms with E-state index in [0.29, 0.717) is 15.9 Å². The summed E-state index contributed by atoms with van der Waals surface area (Å²) in [5.41, 5.74) is 1.02. The van der Waals surface area contributed by atoms with Crippen LogP contribution in [0.2, 0.25) is 0 Å². The van der Waals surface area contributed by atoms with Gasteiger partial charge in [0.1, 0.15) is 4.47 Å². The molecule has 0 unspecified atom stereocenters. The van der Waals surface area contributed by atoms with Crippen molar-refractivity contribution < 1.29 is 4.92 Å². The monoisotopic (exact) mass is 297 g/mol. The molecule has 0 saturated carbocycles. The second-order valence-electron chi connectivity index (χ2n) is 3.46. The van der Waals surface area contributed by atoms with Crippen molar-refractivity contribution in [1.82, 2.24) is 9.78 Å². The van der Waals surface area contributed by atoms with Crippen LogP contribution < -0.4 is 5.56 Å². The van der Waals surface area contributed by atoms with Crippen molar-refractivity contribution >= 4 is 21.6 Å². The predicted octanol–water partition coefficient (Wildman–Crippen LogP) is 2.14. The van der Waals surface area contributed by atoms with Gasteiger partial charge in [-0.05, 0) is 35.0 Å². The molecule has 6 nitrogen and oxygen atoms in total. The molecule has 0 atom stereocenters. The second-order valence-corrected chi connectivity index (χ2v) is 4.26. The molecule has 88 valence electrons. The first-order chi connectivity index (χ1) is 8.00. The zero-order chi connectivity index (χ0) is 12.6. The van der Waals surface area contributed by atoms with Crippen LogP contribution >= 0.6 is 15.9 Å². The van der Waals surface area contributed by atoms with Crippen molar-refractivity contribution in [3.8, 4) is 5.69 Å². The average molecular weight is 298 g/mol. The van der Waals surface area contributed by atoms with Gasteiger partial charge in [0.15, 0.2) is 0 Å². The number of nitro groups is 1. The number of non-ortho nitro benzene ring substituents is 1. The van der Waals surface area contributed by atoms with Gasteiger partial charge in [-0.25, -0.2) is 4.68 Å². The number of nitrogens with one attached hydrogen (secondary N) is 1. The molecule has 0 fully saturated rings. The lowest BCUT2D eigenvalue weighted by atomic mass is 10.3. The Kier molecular flexibility index (Phi) is 2.84. The van der Waals surface area contributed by atoms with Crippen LogP contribution in [0.5, 0.6) is 0 Å². The van der Waals surface area contributed by atoms with E-state index >= 15 is 0 Å². The van der Waals surface area contributed by atoms with E-state index in [1.165, 1.54) is 28.9 Å². The molecule has 0 aliphatic carbocycles. The molecule has 1 heterocycles. The third kappa shape index (κ3) is 2.01. The Labute approximate surface area is 104 Å². The van der Waals surface area contributed by atoms with Gasteiger partial charge in [0.05, 0.1) is 10.6 Å². The molecule has 1 N–H and O–H groups in total. The summed E-state index contributed by atoms with van der Waals surface area (Å²) < 4.78 is 1.78. The summed E-state index contributed by atoms with van der Waals surface area (Å²) >= 11 is 3.16. The van der Waals surface area contributed by atoms with Gasteiger partial charge in [0.2, 0.25) is 0 Å².